The van der Waals surface area contributed by atoms with E-state index in [-0.39, 0.29) is 11.9 Å². The number of nitrogens with zero attached hydrogens (tertiary/aromatic N) is 1. The first-order valence-electron chi connectivity index (χ1n) is 8.43. The lowest BCUT2D eigenvalue weighted by Gasteiger charge is -2.32. The van der Waals surface area contributed by atoms with E-state index in [4.69, 9.17) is 0 Å². The molecular weight excluding hydrogens is 274 g/mol. The zero-order valence-corrected chi connectivity index (χ0v) is 14.1. The molecule has 0 aromatic heterocycles. The van der Waals surface area contributed by atoms with Gasteiger partial charge in [0.15, 0.2) is 0 Å². The minimum atomic E-state index is 0.0987. The highest BCUT2D eigenvalue weighted by Crippen LogP contribution is 2.24. The molecule has 0 radical (unpaired) electrons. The Morgan fingerprint density at radius 2 is 1.86 bits per heavy atom. The fourth-order valence-corrected chi connectivity index (χ4v) is 2.77. The first-order chi connectivity index (χ1) is 10.5. The number of rotatable bonds is 6. The van der Waals surface area contributed by atoms with Gasteiger partial charge in [0.05, 0.1) is 0 Å². The van der Waals surface area contributed by atoms with Crippen LogP contribution in [0.4, 0.5) is 11.4 Å². The van der Waals surface area contributed by atoms with Crippen LogP contribution in [0.3, 0.4) is 0 Å². The van der Waals surface area contributed by atoms with E-state index in [1.807, 2.05) is 13.8 Å². The van der Waals surface area contributed by atoms with Crippen LogP contribution in [0.2, 0.25) is 0 Å². The van der Waals surface area contributed by atoms with Crippen molar-refractivity contribution in [1.82, 2.24) is 5.32 Å². The number of benzene rings is 1. The van der Waals surface area contributed by atoms with Crippen LogP contribution in [0.5, 0.6) is 0 Å². The molecule has 22 heavy (non-hydrogen) atoms. The van der Waals surface area contributed by atoms with Gasteiger partial charge in [-0.3, -0.25) is 4.79 Å². The summed E-state index contributed by atoms with van der Waals surface area (Å²) in [7, 11) is 0. The summed E-state index contributed by atoms with van der Waals surface area (Å²) in [6.07, 6.45) is 3.07. The van der Waals surface area contributed by atoms with Gasteiger partial charge in [-0.15, -0.1) is 0 Å². The molecule has 122 valence electrons. The average molecular weight is 303 g/mol. The van der Waals surface area contributed by atoms with Crippen LogP contribution in [-0.2, 0) is 4.79 Å². The largest absolute Gasteiger partial charge is 0.385 e. The first-order valence-corrected chi connectivity index (χ1v) is 8.43. The van der Waals surface area contributed by atoms with Gasteiger partial charge in [-0.1, -0.05) is 6.92 Å². The Bertz CT molecular complexity index is 462. The maximum absolute atomic E-state index is 11.6. The molecule has 2 N–H and O–H groups in total. The summed E-state index contributed by atoms with van der Waals surface area (Å²) < 4.78 is 0. The number of nitrogens with one attached hydrogen (secondary N) is 2. The molecule has 4 nitrogen and oxygen atoms in total. The zero-order valence-electron chi connectivity index (χ0n) is 14.1. The number of amides is 1. The second kappa shape index (κ2) is 8.06. The second-order valence-electron chi connectivity index (χ2n) is 6.62. The summed E-state index contributed by atoms with van der Waals surface area (Å²) in [6.45, 7) is 9.27. The molecule has 0 atom stereocenters. The van der Waals surface area contributed by atoms with Crippen LogP contribution in [0.15, 0.2) is 24.3 Å². The number of carbonyl (C=O) groups excluding carboxylic acids is 1. The Morgan fingerprint density at radius 1 is 1.23 bits per heavy atom. The number of hydrogen-bond donors (Lipinski definition) is 2. The molecule has 1 aliphatic heterocycles. The predicted molar refractivity (Wildman–Crippen MR) is 93.4 cm³/mol. The maximum atomic E-state index is 11.6. The van der Waals surface area contributed by atoms with E-state index in [2.05, 4.69) is 46.7 Å². The Hall–Kier alpha value is -1.71. The molecule has 1 saturated heterocycles. The average Bonchev–Trinajstić information content (AvgIpc) is 2.48. The molecule has 1 fully saturated rings. The second-order valence-corrected chi connectivity index (χ2v) is 6.62. The molecule has 1 amide bonds. The lowest BCUT2D eigenvalue weighted by Crippen LogP contribution is -2.32. The Kier molecular flexibility index (Phi) is 6.10. The lowest BCUT2D eigenvalue weighted by atomic mass is 9.99. The standard InChI is InChI=1S/C18H29N3O/c1-14(2)20-18(22)8-11-19-16-4-6-17(7-5-16)21-12-9-15(3)10-13-21/h4-7,14-15,19H,8-13H2,1-3H3,(H,20,22). The maximum Gasteiger partial charge on any atom is 0.221 e. The van der Waals surface area contributed by atoms with E-state index < -0.39 is 0 Å². The molecule has 1 heterocycles. The molecule has 1 aromatic rings. The molecule has 1 aliphatic rings. The van der Waals surface area contributed by atoms with E-state index in [0.717, 1.165) is 24.7 Å². The normalized spacial score (nSPS) is 15.9. The van der Waals surface area contributed by atoms with E-state index in [1.54, 1.807) is 0 Å². The highest BCUT2D eigenvalue weighted by atomic mass is 16.1. The van der Waals surface area contributed by atoms with Crippen LogP contribution < -0.4 is 15.5 Å². The highest BCUT2D eigenvalue weighted by Gasteiger charge is 2.15. The summed E-state index contributed by atoms with van der Waals surface area (Å²) in [5.41, 5.74) is 2.38. The number of anilines is 2. The summed E-state index contributed by atoms with van der Waals surface area (Å²) in [6, 6.07) is 8.76. The third-order valence-corrected chi connectivity index (χ3v) is 4.15. The topological polar surface area (TPSA) is 44.4 Å². The van der Waals surface area contributed by atoms with Crippen LogP contribution in [-0.4, -0.2) is 31.6 Å². The van der Waals surface area contributed by atoms with Crippen molar-refractivity contribution in [3.63, 3.8) is 0 Å². The van der Waals surface area contributed by atoms with Crippen molar-refractivity contribution < 1.29 is 4.79 Å². The molecule has 0 spiro atoms. The minimum absolute atomic E-state index is 0.0987. The summed E-state index contributed by atoms with van der Waals surface area (Å²) in [5, 5.41) is 6.21. The first kappa shape index (κ1) is 16.7. The van der Waals surface area contributed by atoms with Crippen molar-refractivity contribution in [2.24, 2.45) is 5.92 Å². The zero-order chi connectivity index (χ0) is 15.9. The highest BCUT2D eigenvalue weighted by molar-refractivity contribution is 5.76. The van der Waals surface area contributed by atoms with Crippen molar-refractivity contribution in [3.8, 4) is 0 Å². The fourth-order valence-electron chi connectivity index (χ4n) is 2.77. The van der Waals surface area contributed by atoms with Gasteiger partial charge in [0.2, 0.25) is 5.91 Å². The molecule has 0 aliphatic carbocycles. The quantitative estimate of drug-likeness (QED) is 0.848. The molecular formula is C18H29N3O. The molecule has 0 unspecified atom stereocenters. The van der Waals surface area contributed by atoms with E-state index in [9.17, 15) is 4.79 Å². The van der Waals surface area contributed by atoms with Gasteiger partial charge >= 0.3 is 0 Å². The lowest BCUT2D eigenvalue weighted by molar-refractivity contribution is -0.121. The third kappa shape index (κ3) is 5.24. The Balaban J connectivity index is 1.76. The fraction of sp³-hybridized carbons (Fsp3) is 0.611. The number of hydrogen-bond acceptors (Lipinski definition) is 3. The number of piperidine rings is 1. The molecule has 4 heteroatoms. The smallest absolute Gasteiger partial charge is 0.221 e. The van der Waals surface area contributed by atoms with Crippen molar-refractivity contribution in [2.45, 2.75) is 46.1 Å². The van der Waals surface area contributed by atoms with Gasteiger partial charge < -0.3 is 15.5 Å². The Morgan fingerprint density at radius 3 is 2.45 bits per heavy atom. The summed E-state index contributed by atoms with van der Waals surface area (Å²) in [5.74, 6) is 0.954. The molecule has 0 saturated carbocycles. The monoisotopic (exact) mass is 303 g/mol. The summed E-state index contributed by atoms with van der Waals surface area (Å²) >= 11 is 0. The minimum Gasteiger partial charge on any atom is -0.385 e. The predicted octanol–water partition coefficient (Wildman–Crippen LogP) is 3.25. The molecule has 1 aromatic carbocycles. The van der Waals surface area contributed by atoms with Crippen LogP contribution in [0.25, 0.3) is 0 Å². The molecule has 2 rings (SSSR count). The molecule has 0 bridgehead atoms. The van der Waals surface area contributed by atoms with E-state index >= 15 is 0 Å². The van der Waals surface area contributed by atoms with Gasteiger partial charge in [-0.2, -0.15) is 0 Å². The van der Waals surface area contributed by atoms with Crippen molar-refractivity contribution in [1.29, 1.82) is 0 Å². The van der Waals surface area contributed by atoms with Gasteiger partial charge in [-0.25, -0.2) is 0 Å². The van der Waals surface area contributed by atoms with Crippen molar-refractivity contribution >= 4 is 17.3 Å². The SMILES string of the molecule is CC1CCN(c2ccc(NCCC(=O)NC(C)C)cc2)CC1. The van der Waals surface area contributed by atoms with Crippen LogP contribution in [0, 0.1) is 5.92 Å². The van der Waals surface area contributed by atoms with Gasteiger partial charge in [0.25, 0.3) is 0 Å². The third-order valence-electron chi connectivity index (χ3n) is 4.15. The Labute approximate surface area is 134 Å². The van der Waals surface area contributed by atoms with E-state index in [0.29, 0.717) is 13.0 Å². The summed E-state index contributed by atoms with van der Waals surface area (Å²) in [4.78, 5) is 14.0. The van der Waals surface area contributed by atoms with Crippen LogP contribution in [0.1, 0.15) is 40.0 Å². The van der Waals surface area contributed by atoms with Crippen molar-refractivity contribution in [2.75, 3.05) is 29.9 Å². The van der Waals surface area contributed by atoms with Gasteiger partial charge in [0.1, 0.15) is 0 Å². The van der Waals surface area contributed by atoms with E-state index in [1.165, 1.54) is 18.5 Å². The van der Waals surface area contributed by atoms with Crippen LogP contribution >= 0.6 is 0 Å². The van der Waals surface area contributed by atoms with Crippen molar-refractivity contribution in [3.05, 3.63) is 24.3 Å². The van der Waals surface area contributed by atoms with Gasteiger partial charge in [-0.05, 0) is 56.9 Å². The van der Waals surface area contributed by atoms with Gasteiger partial charge in [0, 0.05) is 43.5 Å². The number of carbonyl (C=O) groups is 1.